The first kappa shape index (κ1) is 17.0. The smallest absolute Gasteiger partial charge is 0.123 e. The molecule has 0 aliphatic heterocycles. The summed E-state index contributed by atoms with van der Waals surface area (Å²) in [6, 6.07) is 6.27. The van der Waals surface area contributed by atoms with E-state index in [1.807, 2.05) is 0 Å². The van der Waals surface area contributed by atoms with Crippen LogP contribution in [0, 0.1) is 5.82 Å². The Kier molecular flexibility index (Phi) is 7.69. The summed E-state index contributed by atoms with van der Waals surface area (Å²) in [4.78, 5) is 0. The lowest BCUT2D eigenvalue weighted by atomic mass is 9.77. The van der Waals surface area contributed by atoms with E-state index >= 15 is 0 Å². The van der Waals surface area contributed by atoms with Gasteiger partial charge in [0, 0.05) is 25.7 Å². The number of rotatable bonds is 10. The molecule has 1 atom stereocenters. The largest absolute Gasteiger partial charge is 0.395 e. The molecule has 0 bridgehead atoms. The van der Waals surface area contributed by atoms with Crippen molar-refractivity contribution in [1.82, 2.24) is 0 Å². The summed E-state index contributed by atoms with van der Waals surface area (Å²) in [5.74, 6) is -0.315. The van der Waals surface area contributed by atoms with Crippen LogP contribution in [0.15, 0.2) is 24.3 Å². The monoisotopic (exact) mass is 285 g/mol. The first-order chi connectivity index (χ1) is 9.68. The van der Waals surface area contributed by atoms with Gasteiger partial charge in [-0.05, 0) is 30.5 Å². The van der Waals surface area contributed by atoms with Crippen molar-refractivity contribution in [1.29, 1.82) is 0 Å². The fourth-order valence-corrected chi connectivity index (χ4v) is 2.17. The van der Waals surface area contributed by atoms with Crippen LogP contribution in [0.4, 0.5) is 4.39 Å². The van der Waals surface area contributed by atoms with Crippen molar-refractivity contribution in [3.63, 3.8) is 0 Å². The van der Waals surface area contributed by atoms with Gasteiger partial charge in [-0.15, -0.1) is 0 Å². The van der Waals surface area contributed by atoms with Crippen molar-refractivity contribution in [2.45, 2.75) is 18.3 Å². The van der Waals surface area contributed by atoms with Crippen molar-refractivity contribution in [2.24, 2.45) is 5.73 Å². The number of ether oxygens (including phenoxy) is 2. The molecule has 5 heteroatoms. The summed E-state index contributed by atoms with van der Waals surface area (Å²) in [6.45, 7) is 1.84. The molecule has 0 aromatic heterocycles. The SMILES string of the molecule is COCCOCCCC(CN)(CO)c1cccc(F)c1. The van der Waals surface area contributed by atoms with Crippen molar-refractivity contribution >= 4 is 0 Å². The molecule has 1 rings (SSSR count). The number of aliphatic hydroxyl groups is 1. The Labute approximate surface area is 119 Å². The lowest BCUT2D eigenvalue weighted by Crippen LogP contribution is -2.39. The van der Waals surface area contributed by atoms with E-state index in [2.05, 4.69) is 0 Å². The van der Waals surface area contributed by atoms with Gasteiger partial charge >= 0.3 is 0 Å². The maximum atomic E-state index is 13.3. The van der Waals surface area contributed by atoms with Gasteiger partial charge in [-0.25, -0.2) is 4.39 Å². The van der Waals surface area contributed by atoms with Gasteiger partial charge in [0.15, 0.2) is 0 Å². The minimum absolute atomic E-state index is 0.106. The third kappa shape index (κ3) is 4.83. The fourth-order valence-electron chi connectivity index (χ4n) is 2.17. The molecule has 114 valence electrons. The summed E-state index contributed by atoms with van der Waals surface area (Å²) in [7, 11) is 1.62. The first-order valence-corrected chi connectivity index (χ1v) is 6.82. The second-order valence-corrected chi connectivity index (χ2v) is 4.86. The van der Waals surface area contributed by atoms with Gasteiger partial charge in [0.25, 0.3) is 0 Å². The molecule has 0 spiro atoms. The van der Waals surface area contributed by atoms with Gasteiger partial charge in [0.05, 0.1) is 19.8 Å². The summed E-state index contributed by atoms with van der Waals surface area (Å²) in [5, 5.41) is 9.70. The van der Waals surface area contributed by atoms with E-state index in [0.717, 1.165) is 12.0 Å². The zero-order valence-corrected chi connectivity index (χ0v) is 12.0. The average Bonchev–Trinajstić information content (AvgIpc) is 2.47. The van der Waals surface area contributed by atoms with Crippen LogP contribution in [0.25, 0.3) is 0 Å². The third-order valence-electron chi connectivity index (χ3n) is 3.51. The van der Waals surface area contributed by atoms with Gasteiger partial charge in [-0.3, -0.25) is 0 Å². The molecule has 0 radical (unpaired) electrons. The lowest BCUT2D eigenvalue weighted by molar-refractivity contribution is 0.0641. The van der Waals surface area contributed by atoms with E-state index in [4.69, 9.17) is 15.2 Å². The number of aliphatic hydroxyl groups excluding tert-OH is 1. The third-order valence-corrected chi connectivity index (χ3v) is 3.51. The molecular formula is C15H24FNO3. The van der Waals surface area contributed by atoms with Crippen LogP contribution in [-0.4, -0.2) is 45.2 Å². The molecule has 0 aliphatic rings. The lowest BCUT2D eigenvalue weighted by Gasteiger charge is -2.31. The van der Waals surface area contributed by atoms with Crippen LogP contribution in [0.5, 0.6) is 0 Å². The molecule has 20 heavy (non-hydrogen) atoms. The van der Waals surface area contributed by atoms with Crippen molar-refractivity contribution in [3.05, 3.63) is 35.6 Å². The number of halogens is 1. The highest BCUT2D eigenvalue weighted by Gasteiger charge is 2.29. The Bertz CT molecular complexity index is 383. The molecule has 1 aromatic rings. The highest BCUT2D eigenvalue weighted by Crippen LogP contribution is 2.28. The van der Waals surface area contributed by atoms with Gasteiger partial charge in [0.2, 0.25) is 0 Å². The summed E-state index contributed by atoms with van der Waals surface area (Å²) in [5.41, 5.74) is 5.95. The van der Waals surface area contributed by atoms with Crippen LogP contribution >= 0.6 is 0 Å². The van der Waals surface area contributed by atoms with Crippen molar-refractivity contribution < 1.29 is 19.0 Å². The predicted octanol–water partition coefficient (Wildman–Crippen LogP) is 1.46. The second-order valence-electron chi connectivity index (χ2n) is 4.86. The second kappa shape index (κ2) is 9.02. The Hall–Kier alpha value is -1.01. The molecule has 1 unspecified atom stereocenters. The van der Waals surface area contributed by atoms with E-state index in [0.29, 0.717) is 26.2 Å². The molecule has 0 saturated carbocycles. The number of hydrogen-bond donors (Lipinski definition) is 2. The van der Waals surface area contributed by atoms with E-state index in [1.54, 1.807) is 19.2 Å². The van der Waals surface area contributed by atoms with Crippen molar-refractivity contribution in [3.8, 4) is 0 Å². The van der Waals surface area contributed by atoms with E-state index < -0.39 is 5.41 Å². The molecule has 0 saturated heterocycles. The Morgan fingerprint density at radius 3 is 2.70 bits per heavy atom. The molecule has 0 aliphatic carbocycles. The number of nitrogens with two attached hydrogens (primary N) is 1. The van der Waals surface area contributed by atoms with Gasteiger partial charge in [0.1, 0.15) is 5.82 Å². The Morgan fingerprint density at radius 1 is 1.30 bits per heavy atom. The van der Waals surface area contributed by atoms with Crippen LogP contribution in [0.1, 0.15) is 18.4 Å². The van der Waals surface area contributed by atoms with Gasteiger partial charge in [-0.1, -0.05) is 12.1 Å². The van der Waals surface area contributed by atoms with E-state index in [-0.39, 0.29) is 19.0 Å². The molecule has 0 heterocycles. The minimum atomic E-state index is -0.604. The molecular weight excluding hydrogens is 261 g/mol. The molecule has 0 fully saturated rings. The average molecular weight is 285 g/mol. The maximum absolute atomic E-state index is 13.3. The predicted molar refractivity (Wildman–Crippen MR) is 76.1 cm³/mol. The standard InChI is InChI=1S/C15H24FNO3/c1-19-8-9-20-7-3-6-15(11-17,12-18)13-4-2-5-14(16)10-13/h2,4-5,10,18H,3,6-9,11-12,17H2,1H3. The summed E-state index contributed by atoms with van der Waals surface area (Å²) >= 11 is 0. The Morgan fingerprint density at radius 2 is 2.10 bits per heavy atom. The minimum Gasteiger partial charge on any atom is -0.395 e. The van der Waals surface area contributed by atoms with Crippen LogP contribution in [-0.2, 0) is 14.9 Å². The van der Waals surface area contributed by atoms with Crippen LogP contribution in [0.2, 0.25) is 0 Å². The number of methoxy groups -OCH3 is 1. The highest BCUT2D eigenvalue weighted by molar-refractivity contribution is 5.27. The fraction of sp³-hybridized carbons (Fsp3) is 0.600. The van der Waals surface area contributed by atoms with Crippen LogP contribution < -0.4 is 5.73 Å². The summed E-state index contributed by atoms with van der Waals surface area (Å²) in [6.07, 6.45) is 1.40. The quantitative estimate of drug-likeness (QED) is 0.639. The van der Waals surface area contributed by atoms with Crippen LogP contribution in [0.3, 0.4) is 0 Å². The molecule has 4 nitrogen and oxygen atoms in total. The highest BCUT2D eigenvalue weighted by atomic mass is 19.1. The van der Waals surface area contributed by atoms with Gasteiger partial charge < -0.3 is 20.3 Å². The zero-order valence-electron chi connectivity index (χ0n) is 12.0. The van der Waals surface area contributed by atoms with Crippen molar-refractivity contribution in [2.75, 3.05) is 40.1 Å². The number of benzene rings is 1. The van der Waals surface area contributed by atoms with Gasteiger partial charge in [-0.2, -0.15) is 0 Å². The maximum Gasteiger partial charge on any atom is 0.123 e. The molecule has 1 aromatic carbocycles. The zero-order chi connectivity index (χ0) is 14.8. The molecule has 0 amide bonds. The first-order valence-electron chi connectivity index (χ1n) is 6.82. The number of hydrogen-bond acceptors (Lipinski definition) is 4. The normalized spacial score (nSPS) is 14.2. The summed E-state index contributed by atoms with van der Waals surface area (Å²) < 4.78 is 23.6. The Balaban J connectivity index is 2.58. The van der Waals surface area contributed by atoms with E-state index in [1.165, 1.54) is 12.1 Å². The topological polar surface area (TPSA) is 64.7 Å². The van der Waals surface area contributed by atoms with E-state index in [9.17, 15) is 9.50 Å². The molecule has 3 N–H and O–H groups in total.